The molecule has 1 aliphatic rings. The van der Waals surface area contributed by atoms with Crippen LogP contribution in [0.2, 0.25) is 0 Å². The largest absolute Gasteiger partial charge is 0.336 e. The number of hydrogen-bond donors (Lipinski definition) is 1. The maximum atomic E-state index is 11.6. The first kappa shape index (κ1) is 14.2. The number of hydrogen-bond acceptors (Lipinski definition) is 6. The number of nitrogens with zero attached hydrogens (tertiary/aromatic N) is 3. The second kappa shape index (κ2) is 5.42. The molecule has 0 saturated carbocycles. The van der Waals surface area contributed by atoms with Gasteiger partial charge in [0.15, 0.2) is 9.84 Å². The molecule has 1 aromatic rings. The topological polar surface area (TPSA) is 75.2 Å². The van der Waals surface area contributed by atoms with E-state index in [-0.39, 0.29) is 17.5 Å². The predicted molar refractivity (Wildman–Crippen MR) is 75.0 cm³/mol. The summed E-state index contributed by atoms with van der Waals surface area (Å²) in [5.74, 6) is 0.978. The van der Waals surface area contributed by atoms with Gasteiger partial charge in [-0.15, -0.1) is 0 Å². The van der Waals surface area contributed by atoms with E-state index < -0.39 is 9.84 Å². The Morgan fingerprint density at radius 1 is 1.53 bits per heavy atom. The van der Waals surface area contributed by atoms with E-state index in [1.165, 1.54) is 0 Å². The predicted octanol–water partition coefficient (Wildman–Crippen LogP) is 0.128. The normalized spacial score (nSPS) is 22.5. The summed E-state index contributed by atoms with van der Waals surface area (Å²) >= 11 is 0. The van der Waals surface area contributed by atoms with Crippen molar-refractivity contribution in [2.75, 3.05) is 30.0 Å². The van der Waals surface area contributed by atoms with Gasteiger partial charge in [-0.1, -0.05) is 0 Å². The van der Waals surface area contributed by atoms with Gasteiger partial charge in [0.25, 0.3) is 0 Å². The lowest BCUT2D eigenvalue weighted by Gasteiger charge is -2.33. The molecule has 106 valence electrons. The van der Waals surface area contributed by atoms with Crippen LogP contribution in [0.25, 0.3) is 0 Å². The molecule has 1 aliphatic heterocycles. The number of nitrogens with one attached hydrogen (secondary N) is 1. The molecule has 1 fully saturated rings. The van der Waals surface area contributed by atoms with Crippen molar-refractivity contribution in [1.82, 2.24) is 15.3 Å². The molecule has 2 rings (SSSR count). The summed E-state index contributed by atoms with van der Waals surface area (Å²) in [6.45, 7) is 5.05. The fourth-order valence-electron chi connectivity index (χ4n) is 2.28. The molecular weight excluding hydrogens is 264 g/mol. The molecule has 0 spiro atoms. The molecule has 0 bridgehead atoms. The molecule has 1 atom stereocenters. The van der Waals surface area contributed by atoms with Crippen molar-refractivity contribution in [3.8, 4) is 0 Å². The van der Waals surface area contributed by atoms with E-state index in [1.807, 2.05) is 32.0 Å². The van der Waals surface area contributed by atoms with Crippen LogP contribution in [0, 0.1) is 6.92 Å². The van der Waals surface area contributed by atoms with Crippen LogP contribution in [0.3, 0.4) is 0 Å². The lowest BCUT2D eigenvalue weighted by molar-refractivity contribution is 0.564. The minimum Gasteiger partial charge on any atom is -0.336 e. The van der Waals surface area contributed by atoms with Crippen LogP contribution in [0.15, 0.2) is 6.20 Å². The monoisotopic (exact) mass is 284 g/mol. The lowest BCUT2D eigenvalue weighted by atomic mass is 10.2. The third-order valence-electron chi connectivity index (χ3n) is 3.36. The molecule has 6 nitrogen and oxygen atoms in total. The summed E-state index contributed by atoms with van der Waals surface area (Å²) in [5, 5.41) is 3.07. The zero-order chi connectivity index (χ0) is 14.0. The van der Waals surface area contributed by atoms with Crippen molar-refractivity contribution in [3.05, 3.63) is 17.5 Å². The third kappa shape index (κ3) is 3.22. The van der Waals surface area contributed by atoms with E-state index in [0.29, 0.717) is 12.5 Å². The fourth-order valence-corrected chi connectivity index (χ4v) is 3.83. The Bertz CT molecular complexity index is 559. The summed E-state index contributed by atoms with van der Waals surface area (Å²) in [6.07, 6.45) is 1.81. The van der Waals surface area contributed by atoms with Crippen molar-refractivity contribution < 1.29 is 8.42 Å². The van der Waals surface area contributed by atoms with Crippen molar-refractivity contribution in [3.63, 3.8) is 0 Å². The van der Waals surface area contributed by atoms with Crippen molar-refractivity contribution in [1.29, 1.82) is 0 Å². The maximum absolute atomic E-state index is 11.6. The van der Waals surface area contributed by atoms with Crippen molar-refractivity contribution >= 4 is 15.8 Å². The SMILES string of the molecule is CNCc1cnc(N2CCS(=O)(=O)CC2C)nc1C. The number of aromatic nitrogens is 2. The van der Waals surface area contributed by atoms with E-state index >= 15 is 0 Å². The minimum absolute atomic E-state index is 0.0756. The van der Waals surface area contributed by atoms with Crippen LogP contribution in [0.1, 0.15) is 18.2 Å². The smallest absolute Gasteiger partial charge is 0.225 e. The van der Waals surface area contributed by atoms with Gasteiger partial charge < -0.3 is 10.2 Å². The fraction of sp³-hybridized carbons (Fsp3) is 0.667. The molecular formula is C12H20N4O2S. The zero-order valence-electron chi connectivity index (χ0n) is 11.5. The second-order valence-corrected chi connectivity index (χ2v) is 7.20. The minimum atomic E-state index is -2.91. The molecule has 2 heterocycles. The standard InChI is InChI=1S/C12H20N4O2S/c1-9-8-19(17,18)5-4-16(9)12-14-7-11(6-13-3)10(2)15-12/h7,9,13H,4-6,8H2,1-3H3. The van der Waals surface area contributed by atoms with Crippen LogP contribution in [-0.2, 0) is 16.4 Å². The van der Waals surface area contributed by atoms with Gasteiger partial charge >= 0.3 is 0 Å². The van der Waals surface area contributed by atoms with Crippen LogP contribution in [-0.4, -0.2) is 49.5 Å². The first-order valence-electron chi connectivity index (χ1n) is 6.37. The number of sulfone groups is 1. The number of rotatable bonds is 3. The van der Waals surface area contributed by atoms with Gasteiger partial charge in [-0.05, 0) is 20.9 Å². The third-order valence-corrected chi connectivity index (χ3v) is 5.16. The van der Waals surface area contributed by atoms with Crippen LogP contribution in [0.4, 0.5) is 5.95 Å². The summed E-state index contributed by atoms with van der Waals surface area (Å²) < 4.78 is 23.1. The average molecular weight is 284 g/mol. The van der Waals surface area contributed by atoms with Crippen molar-refractivity contribution in [2.45, 2.75) is 26.4 Å². The maximum Gasteiger partial charge on any atom is 0.225 e. The average Bonchev–Trinajstić information content (AvgIpc) is 2.31. The molecule has 1 unspecified atom stereocenters. The van der Waals surface area contributed by atoms with Gasteiger partial charge in [-0.2, -0.15) is 0 Å². The number of aryl methyl sites for hydroxylation is 1. The quantitative estimate of drug-likeness (QED) is 0.850. The number of anilines is 1. The Balaban J connectivity index is 2.21. The van der Waals surface area contributed by atoms with Gasteiger partial charge in [0.1, 0.15) is 0 Å². The summed E-state index contributed by atoms with van der Waals surface area (Å²) in [5.41, 5.74) is 1.99. The van der Waals surface area contributed by atoms with E-state index in [9.17, 15) is 8.42 Å². The second-order valence-electron chi connectivity index (χ2n) is 4.97. The van der Waals surface area contributed by atoms with Crippen LogP contribution >= 0.6 is 0 Å². The van der Waals surface area contributed by atoms with Gasteiger partial charge in [0.2, 0.25) is 5.95 Å². The molecule has 0 amide bonds. The molecule has 1 saturated heterocycles. The highest BCUT2D eigenvalue weighted by molar-refractivity contribution is 7.91. The molecule has 19 heavy (non-hydrogen) atoms. The van der Waals surface area contributed by atoms with Crippen LogP contribution < -0.4 is 10.2 Å². The molecule has 1 N–H and O–H groups in total. The Hall–Kier alpha value is -1.21. The van der Waals surface area contributed by atoms with E-state index in [0.717, 1.165) is 17.8 Å². The zero-order valence-corrected chi connectivity index (χ0v) is 12.4. The van der Waals surface area contributed by atoms with Crippen LogP contribution in [0.5, 0.6) is 0 Å². The summed E-state index contributed by atoms with van der Waals surface area (Å²) in [6, 6.07) is -0.0756. The van der Waals surface area contributed by atoms with Gasteiger partial charge in [0, 0.05) is 36.6 Å². The Morgan fingerprint density at radius 2 is 2.26 bits per heavy atom. The highest BCUT2D eigenvalue weighted by Crippen LogP contribution is 2.18. The summed E-state index contributed by atoms with van der Waals surface area (Å²) in [4.78, 5) is 10.8. The Labute approximate surface area is 114 Å². The summed E-state index contributed by atoms with van der Waals surface area (Å²) in [7, 11) is -1.03. The Kier molecular flexibility index (Phi) is 4.05. The van der Waals surface area contributed by atoms with Gasteiger partial charge in [-0.3, -0.25) is 0 Å². The van der Waals surface area contributed by atoms with E-state index in [1.54, 1.807) is 0 Å². The lowest BCUT2D eigenvalue weighted by Crippen LogP contribution is -2.47. The molecule has 7 heteroatoms. The van der Waals surface area contributed by atoms with E-state index in [2.05, 4.69) is 15.3 Å². The molecule has 1 aromatic heterocycles. The highest BCUT2D eigenvalue weighted by atomic mass is 32.2. The molecule has 0 aliphatic carbocycles. The van der Waals surface area contributed by atoms with Gasteiger partial charge in [0.05, 0.1) is 11.5 Å². The van der Waals surface area contributed by atoms with Crippen molar-refractivity contribution in [2.24, 2.45) is 0 Å². The Morgan fingerprint density at radius 3 is 2.84 bits per heavy atom. The molecule has 0 radical (unpaired) electrons. The highest BCUT2D eigenvalue weighted by Gasteiger charge is 2.29. The van der Waals surface area contributed by atoms with Gasteiger partial charge in [-0.25, -0.2) is 18.4 Å². The van der Waals surface area contributed by atoms with E-state index in [4.69, 9.17) is 0 Å². The first-order valence-corrected chi connectivity index (χ1v) is 8.19. The molecule has 0 aromatic carbocycles. The first-order chi connectivity index (χ1) is 8.93.